The number of ether oxygens (including phenoxy) is 1. The van der Waals surface area contributed by atoms with Gasteiger partial charge in [0.25, 0.3) is 0 Å². The van der Waals surface area contributed by atoms with Gasteiger partial charge in [-0.2, -0.15) is 0 Å². The Morgan fingerprint density at radius 3 is 2.44 bits per heavy atom. The Bertz CT molecular complexity index is 317. The fraction of sp³-hybridized carbons (Fsp3) is 0.786. The summed E-state index contributed by atoms with van der Waals surface area (Å²) in [6.07, 6.45) is 5.29. The van der Waals surface area contributed by atoms with Crippen molar-refractivity contribution in [1.82, 2.24) is 0 Å². The zero-order chi connectivity index (χ0) is 11.9. The smallest absolute Gasteiger partial charge is 0.333 e. The summed E-state index contributed by atoms with van der Waals surface area (Å²) < 4.78 is 5.60. The molecule has 0 N–H and O–H groups in total. The molecule has 0 aromatic rings. The maximum absolute atomic E-state index is 11.6. The molecule has 0 aromatic carbocycles. The number of esters is 1. The average molecular weight is 222 g/mol. The molecular formula is C14H22O2. The van der Waals surface area contributed by atoms with Crippen LogP contribution in [0.5, 0.6) is 0 Å². The van der Waals surface area contributed by atoms with Gasteiger partial charge in [-0.25, -0.2) is 4.79 Å². The second-order valence-corrected chi connectivity index (χ2v) is 6.05. The lowest BCUT2D eigenvalue weighted by Gasteiger charge is -2.36. The number of hydrogen-bond acceptors (Lipinski definition) is 2. The third-order valence-corrected chi connectivity index (χ3v) is 4.34. The van der Waals surface area contributed by atoms with Crippen LogP contribution in [0.1, 0.15) is 46.5 Å². The fourth-order valence-corrected chi connectivity index (χ4v) is 3.50. The molecule has 3 unspecified atom stereocenters. The molecule has 2 aliphatic rings. The largest absolute Gasteiger partial charge is 0.456 e. The summed E-state index contributed by atoms with van der Waals surface area (Å²) in [6, 6.07) is 0. The summed E-state index contributed by atoms with van der Waals surface area (Å²) in [7, 11) is 0. The Labute approximate surface area is 98.1 Å². The summed E-state index contributed by atoms with van der Waals surface area (Å²) >= 11 is 0. The third kappa shape index (κ3) is 2.02. The normalized spacial score (nSPS) is 32.8. The molecule has 2 nitrogen and oxygen atoms in total. The van der Waals surface area contributed by atoms with Crippen LogP contribution in [0.25, 0.3) is 0 Å². The van der Waals surface area contributed by atoms with Gasteiger partial charge in [-0.1, -0.05) is 13.0 Å². The highest BCUT2D eigenvalue weighted by atomic mass is 16.6. The molecule has 16 heavy (non-hydrogen) atoms. The van der Waals surface area contributed by atoms with Crippen LogP contribution in [0, 0.1) is 17.8 Å². The lowest BCUT2D eigenvalue weighted by Crippen LogP contribution is -2.39. The van der Waals surface area contributed by atoms with Gasteiger partial charge in [-0.3, -0.25) is 0 Å². The van der Waals surface area contributed by atoms with Gasteiger partial charge in [0.15, 0.2) is 0 Å². The lowest BCUT2D eigenvalue weighted by molar-refractivity contribution is -0.158. The van der Waals surface area contributed by atoms with Gasteiger partial charge in [0, 0.05) is 11.5 Å². The maximum Gasteiger partial charge on any atom is 0.333 e. The van der Waals surface area contributed by atoms with Crippen LogP contribution in [0.15, 0.2) is 12.2 Å². The average Bonchev–Trinajstić information content (AvgIpc) is 2.77. The van der Waals surface area contributed by atoms with Crippen LogP contribution >= 0.6 is 0 Å². The Morgan fingerprint density at radius 1 is 1.31 bits per heavy atom. The molecule has 2 aliphatic carbocycles. The summed E-state index contributed by atoms with van der Waals surface area (Å²) in [5.41, 5.74) is 0.173. The quantitative estimate of drug-likeness (QED) is 0.541. The summed E-state index contributed by atoms with van der Waals surface area (Å²) in [5.74, 6) is 1.97. The molecular weight excluding hydrogens is 200 g/mol. The van der Waals surface area contributed by atoms with E-state index >= 15 is 0 Å². The van der Waals surface area contributed by atoms with E-state index in [4.69, 9.17) is 4.74 Å². The van der Waals surface area contributed by atoms with Gasteiger partial charge in [0.1, 0.15) is 5.60 Å². The van der Waals surface area contributed by atoms with E-state index in [9.17, 15) is 4.79 Å². The standard InChI is InChI=1S/C14H22O2/c1-9(2)13(15)16-14(3,4)12-8-10-5-6-11(12)7-10/h10-12H,1,5-8H2,2-4H3. The van der Waals surface area contributed by atoms with Crippen molar-refractivity contribution in [3.8, 4) is 0 Å². The second-order valence-electron chi connectivity index (χ2n) is 6.05. The minimum absolute atomic E-state index is 0.243. The summed E-state index contributed by atoms with van der Waals surface area (Å²) in [5, 5.41) is 0. The van der Waals surface area contributed by atoms with E-state index in [2.05, 4.69) is 20.4 Å². The molecule has 2 bridgehead atoms. The highest BCUT2D eigenvalue weighted by molar-refractivity contribution is 5.87. The predicted octanol–water partition coefficient (Wildman–Crippen LogP) is 3.32. The van der Waals surface area contributed by atoms with Gasteiger partial charge < -0.3 is 4.74 Å². The summed E-state index contributed by atoms with van der Waals surface area (Å²) in [6.45, 7) is 9.46. The predicted molar refractivity (Wildman–Crippen MR) is 63.9 cm³/mol. The van der Waals surface area contributed by atoms with Crippen molar-refractivity contribution >= 4 is 5.97 Å². The minimum Gasteiger partial charge on any atom is -0.456 e. The molecule has 0 amide bonds. The van der Waals surface area contributed by atoms with Crippen LogP contribution < -0.4 is 0 Å². The molecule has 0 saturated heterocycles. The van der Waals surface area contributed by atoms with E-state index in [0.717, 1.165) is 11.8 Å². The SMILES string of the molecule is C=C(C)C(=O)OC(C)(C)C1CC2CCC1C2. The minimum atomic E-state index is -0.324. The third-order valence-electron chi connectivity index (χ3n) is 4.34. The molecule has 90 valence electrons. The van der Waals surface area contributed by atoms with E-state index in [-0.39, 0.29) is 11.6 Å². The first kappa shape index (κ1) is 11.7. The molecule has 0 aliphatic heterocycles. The molecule has 0 aromatic heterocycles. The highest BCUT2D eigenvalue weighted by Crippen LogP contribution is 2.52. The van der Waals surface area contributed by atoms with Gasteiger partial charge >= 0.3 is 5.97 Å². The molecule has 0 radical (unpaired) electrons. The monoisotopic (exact) mass is 222 g/mol. The van der Waals surface area contributed by atoms with Crippen LogP contribution in [0.4, 0.5) is 0 Å². The molecule has 2 fully saturated rings. The molecule has 2 heteroatoms. The summed E-state index contributed by atoms with van der Waals surface area (Å²) in [4.78, 5) is 11.6. The van der Waals surface area contributed by atoms with E-state index in [0.29, 0.717) is 11.5 Å². The number of rotatable bonds is 3. The Balaban J connectivity index is 2.02. The number of fused-ring (bicyclic) bond motifs is 2. The first-order valence-electron chi connectivity index (χ1n) is 6.29. The molecule has 0 spiro atoms. The lowest BCUT2D eigenvalue weighted by atomic mass is 9.78. The van der Waals surface area contributed by atoms with Crippen LogP contribution in [0.2, 0.25) is 0 Å². The van der Waals surface area contributed by atoms with E-state index in [1.165, 1.54) is 25.7 Å². The Hall–Kier alpha value is -0.790. The second kappa shape index (κ2) is 3.90. The maximum atomic E-state index is 11.6. The van der Waals surface area contributed by atoms with Gasteiger partial charge in [0.2, 0.25) is 0 Å². The number of carbonyl (C=O) groups excluding carboxylic acids is 1. The highest BCUT2D eigenvalue weighted by Gasteiger charge is 2.48. The van der Waals surface area contributed by atoms with Crippen LogP contribution in [-0.2, 0) is 9.53 Å². The molecule has 2 saturated carbocycles. The van der Waals surface area contributed by atoms with Gasteiger partial charge in [-0.05, 0) is 51.9 Å². The van der Waals surface area contributed by atoms with Crippen molar-refractivity contribution in [1.29, 1.82) is 0 Å². The molecule has 0 heterocycles. The van der Waals surface area contributed by atoms with Gasteiger partial charge in [-0.15, -0.1) is 0 Å². The zero-order valence-corrected chi connectivity index (χ0v) is 10.6. The van der Waals surface area contributed by atoms with Crippen LogP contribution in [-0.4, -0.2) is 11.6 Å². The van der Waals surface area contributed by atoms with Crippen molar-refractivity contribution in [2.45, 2.75) is 52.1 Å². The van der Waals surface area contributed by atoms with Gasteiger partial charge in [0.05, 0.1) is 0 Å². The number of hydrogen-bond donors (Lipinski definition) is 0. The van der Waals surface area contributed by atoms with E-state index in [1.54, 1.807) is 6.92 Å². The molecule has 2 rings (SSSR count). The topological polar surface area (TPSA) is 26.3 Å². The van der Waals surface area contributed by atoms with E-state index < -0.39 is 0 Å². The first-order chi connectivity index (χ1) is 7.40. The van der Waals surface area contributed by atoms with E-state index in [1.807, 2.05) is 0 Å². The zero-order valence-electron chi connectivity index (χ0n) is 10.6. The Morgan fingerprint density at radius 2 is 2.00 bits per heavy atom. The molecule has 3 atom stereocenters. The van der Waals surface area contributed by atoms with Crippen molar-refractivity contribution in [3.63, 3.8) is 0 Å². The fourth-order valence-electron chi connectivity index (χ4n) is 3.50. The van der Waals surface area contributed by atoms with Crippen molar-refractivity contribution in [3.05, 3.63) is 12.2 Å². The van der Waals surface area contributed by atoms with Crippen LogP contribution in [0.3, 0.4) is 0 Å². The Kier molecular flexibility index (Phi) is 2.85. The first-order valence-corrected chi connectivity index (χ1v) is 6.29. The van der Waals surface area contributed by atoms with Crippen molar-refractivity contribution in [2.24, 2.45) is 17.8 Å². The number of carbonyl (C=O) groups is 1. The van der Waals surface area contributed by atoms with Crippen molar-refractivity contribution in [2.75, 3.05) is 0 Å². The van der Waals surface area contributed by atoms with Crippen molar-refractivity contribution < 1.29 is 9.53 Å².